The zero-order valence-corrected chi connectivity index (χ0v) is 11.3. The number of hydrogen-bond donors (Lipinski definition) is 0. The molecular formula is C15H10F2N4O. The lowest BCUT2D eigenvalue weighted by molar-refractivity contribution is 0.103. The van der Waals surface area contributed by atoms with Crippen LogP contribution in [0.5, 0.6) is 0 Å². The molecule has 0 atom stereocenters. The molecule has 7 heteroatoms. The van der Waals surface area contributed by atoms with E-state index < -0.39 is 11.6 Å². The zero-order chi connectivity index (χ0) is 15.5. The summed E-state index contributed by atoms with van der Waals surface area (Å²) in [7, 11) is 0. The number of benzene rings is 1. The van der Waals surface area contributed by atoms with Gasteiger partial charge in [-0.3, -0.25) is 9.48 Å². The average molecular weight is 300 g/mol. The van der Waals surface area contributed by atoms with E-state index in [0.717, 1.165) is 18.2 Å². The molecule has 2 aromatic heterocycles. The largest absolute Gasteiger partial charge is 0.287 e. The molecule has 0 aliphatic rings. The van der Waals surface area contributed by atoms with Gasteiger partial charge in [-0.15, -0.1) is 0 Å². The molecule has 22 heavy (non-hydrogen) atoms. The highest BCUT2D eigenvalue weighted by Crippen LogP contribution is 2.12. The number of hydrogen-bond acceptors (Lipinski definition) is 4. The lowest BCUT2D eigenvalue weighted by atomic mass is 10.2. The molecule has 0 saturated carbocycles. The molecule has 0 aliphatic carbocycles. The summed E-state index contributed by atoms with van der Waals surface area (Å²) >= 11 is 0. The predicted octanol–water partition coefficient (Wildman–Crippen LogP) is 2.23. The molecule has 0 radical (unpaired) electrons. The van der Waals surface area contributed by atoms with Gasteiger partial charge in [0.05, 0.1) is 12.1 Å². The molecule has 0 amide bonds. The number of carbonyl (C=O) groups is 1. The first kappa shape index (κ1) is 14.0. The van der Waals surface area contributed by atoms with Crippen molar-refractivity contribution in [3.05, 3.63) is 77.6 Å². The Kier molecular flexibility index (Phi) is 3.69. The first-order chi connectivity index (χ1) is 10.6. The number of aromatic nitrogens is 4. The third-order valence-corrected chi connectivity index (χ3v) is 3.04. The molecule has 0 bridgehead atoms. The summed E-state index contributed by atoms with van der Waals surface area (Å²) in [5, 5.41) is 4.08. The predicted molar refractivity (Wildman–Crippen MR) is 73.2 cm³/mol. The summed E-state index contributed by atoms with van der Waals surface area (Å²) in [5.41, 5.74) is 0.654. The lowest BCUT2D eigenvalue weighted by Crippen LogP contribution is -2.07. The number of rotatable bonds is 4. The Bertz CT molecular complexity index is 817. The van der Waals surface area contributed by atoms with Crippen molar-refractivity contribution in [3.63, 3.8) is 0 Å². The Morgan fingerprint density at radius 3 is 2.68 bits per heavy atom. The molecule has 0 saturated heterocycles. The third-order valence-electron chi connectivity index (χ3n) is 3.04. The van der Waals surface area contributed by atoms with Gasteiger partial charge in [-0.2, -0.15) is 5.10 Å². The fraction of sp³-hybridized carbons (Fsp3) is 0.0667. The van der Waals surface area contributed by atoms with Crippen LogP contribution in [0.15, 0.2) is 49.2 Å². The molecule has 0 unspecified atom stereocenters. The first-order valence-electron chi connectivity index (χ1n) is 6.40. The fourth-order valence-corrected chi connectivity index (χ4v) is 1.97. The van der Waals surface area contributed by atoms with E-state index in [1.807, 2.05) is 0 Å². The molecule has 0 N–H and O–H groups in total. The van der Waals surface area contributed by atoms with E-state index in [0.29, 0.717) is 5.56 Å². The van der Waals surface area contributed by atoms with E-state index in [1.165, 1.54) is 35.7 Å². The summed E-state index contributed by atoms with van der Waals surface area (Å²) < 4.78 is 28.1. The van der Waals surface area contributed by atoms with Crippen LogP contribution in [0.1, 0.15) is 21.6 Å². The smallest absolute Gasteiger partial charge is 0.216 e. The number of nitrogens with zero attached hydrogens (tertiary/aromatic N) is 4. The van der Waals surface area contributed by atoms with E-state index in [2.05, 4.69) is 15.1 Å². The molecule has 5 nitrogen and oxygen atoms in total. The Balaban J connectivity index is 1.82. The van der Waals surface area contributed by atoms with Gasteiger partial charge in [0.2, 0.25) is 5.78 Å². The Labute approximate surface area is 124 Å². The van der Waals surface area contributed by atoms with Crippen LogP contribution >= 0.6 is 0 Å². The van der Waals surface area contributed by atoms with Crippen molar-refractivity contribution in [1.82, 2.24) is 19.7 Å². The van der Waals surface area contributed by atoms with Gasteiger partial charge in [0.15, 0.2) is 0 Å². The van der Waals surface area contributed by atoms with Crippen molar-refractivity contribution >= 4 is 5.78 Å². The van der Waals surface area contributed by atoms with Gasteiger partial charge in [-0.25, -0.2) is 18.7 Å². The van der Waals surface area contributed by atoms with E-state index in [9.17, 15) is 13.6 Å². The normalized spacial score (nSPS) is 10.6. The Morgan fingerprint density at radius 1 is 1.14 bits per heavy atom. The van der Waals surface area contributed by atoms with E-state index in [4.69, 9.17) is 0 Å². The van der Waals surface area contributed by atoms with Crippen molar-refractivity contribution < 1.29 is 13.6 Å². The van der Waals surface area contributed by atoms with E-state index >= 15 is 0 Å². The van der Waals surface area contributed by atoms with Crippen LogP contribution in [0, 0.1) is 11.6 Å². The van der Waals surface area contributed by atoms with E-state index in [1.54, 1.807) is 0 Å². The second-order valence-corrected chi connectivity index (χ2v) is 4.59. The number of halogens is 2. The maximum atomic E-state index is 13.6. The molecule has 3 aromatic rings. The summed E-state index contributed by atoms with van der Waals surface area (Å²) in [5.74, 6) is -1.39. The molecule has 1 aromatic carbocycles. The molecule has 110 valence electrons. The minimum atomic E-state index is -0.527. The van der Waals surface area contributed by atoms with Gasteiger partial charge < -0.3 is 0 Å². The first-order valence-corrected chi connectivity index (χ1v) is 6.40. The Morgan fingerprint density at radius 2 is 1.91 bits per heavy atom. The van der Waals surface area contributed by atoms with Gasteiger partial charge in [0.25, 0.3) is 0 Å². The van der Waals surface area contributed by atoms with Crippen molar-refractivity contribution in [1.29, 1.82) is 0 Å². The fourth-order valence-electron chi connectivity index (χ4n) is 1.97. The quantitative estimate of drug-likeness (QED) is 0.693. The van der Waals surface area contributed by atoms with Crippen LogP contribution in [0.4, 0.5) is 8.78 Å². The Hall–Kier alpha value is -2.96. The van der Waals surface area contributed by atoms with Gasteiger partial charge in [-0.05, 0) is 24.3 Å². The van der Waals surface area contributed by atoms with Gasteiger partial charge in [0.1, 0.15) is 23.7 Å². The van der Waals surface area contributed by atoms with Crippen molar-refractivity contribution in [2.45, 2.75) is 6.54 Å². The number of ketones is 1. The molecule has 0 aliphatic heterocycles. The highest BCUT2D eigenvalue weighted by molar-refractivity contribution is 6.07. The third kappa shape index (κ3) is 2.88. The second-order valence-electron chi connectivity index (χ2n) is 4.59. The highest BCUT2D eigenvalue weighted by atomic mass is 19.1. The standard InChI is InChI=1S/C15H10F2N4O/c16-12-1-2-13(17)10(5-12)8-21-4-3-14(20-21)15(22)11-6-18-9-19-7-11/h1-7,9H,8H2. The topological polar surface area (TPSA) is 60.7 Å². The zero-order valence-electron chi connectivity index (χ0n) is 11.3. The average Bonchev–Trinajstić information content (AvgIpc) is 2.99. The molecular weight excluding hydrogens is 290 g/mol. The molecule has 0 spiro atoms. The SMILES string of the molecule is O=C(c1cncnc1)c1ccn(Cc2cc(F)ccc2F)n1. The summed E-state index contributed by atoms with van der Waals surface area (Å²) in [6, 6.07) is 4.71. The molecule has 0 fully saturated rings. The summed E-state index contributed by atoms with van der Waals surface area (Å²) in [6.07, 6.45) is 5.63. The maximum absolute atomic E-state index is 13.6. The van der Waals surface area contributed by atoms with Gasteiger partial charge in [-0.1, -0.05) is 0 Å². The van der Waals surface area contributed by atoms with Crippen LogP contribution in [0.2, 0.25) is 0 Å². The highest BCUT2D eigenvalue weighted by Gasteiger charge is 2.13. The lowest BCUT2D eigenvalue weighted by Gasteiger charge is -2.03. The maximum Gasteiger partial charge on any atom is 0.216 e. The monoisotopic (exact) mass is 300 g/mol. The van der Waals surface area contributed by atoms with Crippen molar-refractivity contribution in [2.75, 3.05) is 0 Å². The van der Waals surface area contributed by atoms with Gasteiger partial charge >= 0.3 is 0 Å². The minimum absolute atomic E-state index is 0.0299. The summed E-state index contributed by atoms with van der Waals surface area (Å²) in [6.45, 7) is 0.0299. The van der Waals surface area contributed by atoms with Crippen LogP contribution in [0.3, 0.4) is 0 Å². The molecule has 2 heterocycles. The van der Waals surface area contributed by atoms with Gasteiger partial charge in [0, 0.05) is 24.2 Å². The second kappa shape index (κ2) is 5.80. The van der Waals surface area contributed by atoms with Crippen LogP contribution in [-0.2, 0) is 6.54 Å². The van der Waals surface area contributed by atoms with Crippen molar-refractivity contribution in [2.24, 2.45) is 0 Å². The van der Waals surface area contributed by atoms with E-state index in [-0.39, 0.29) is 23.6 Å². The number of carbonyl (C=O) groups excluding carboxylic acids is 1. The minimum Gasteiger partial charge on any atom is -0.287 e. The van der Waals surface area contributed by atoms with Crippen LogP contribution in [0.25, 0.3) is 0 Å². The molecule has 3 rings (SSSR count). The van der Waals surface area contributed by atoms with Crippen LogP contribution in [-0.4, -0.2) is 25.5 Å². The van der Waals surface area contributed by atoms with Crippen LogP contribution < -0.4 is 0 Å². The summed E-state index contributed by atoms with van der Waals surface area (Å²) in [4.78, 5) is 19.7. The van der Waals surface area contributed by atoms with Crippen molar-refractivity contribution in [3.8, 4) is 0 Å².